The Bertz CT molecular complexity index is 518. The molecule has 0 amide bonds. The lowest BCUT2D eigenvalue weighted by atomic mass is 10.1. The van der Waals surface area contributed by atoms with Gasteiger partial charge in [-0.2, -0.15) is 5.10 Å². The summed E-state index contributed by atoms with van der Waals surface area (Å²) in [6, 6.07) is 3.76. The van der Waals surface area contributed by atoms with Crippen molar-refractivity contribution in [2.75, 3.05) is 25.9 Å². The number of hydrogen-bond donors (Lipinski definition) is 1. The molecule has 1 aliphatic heterocycles. The van der Waals surface area contributed by atoms with Crippen LogP contribution in [0, 0.1) is 0 Å². The lowest BCUT2D eigenvalue weighted by Crippen LogP contribution is -2.13. The largest absolute Gasteiger partial charge is 0.397 e. The standard InChI is InChI=1S/C11H15N5/c1-15-5-4-8(6-15)11-13-10-3-2-9(12)7-16(10)14-11/h2-3,7-8H,4-6,12H2,1H3. The Balaban J connectivity index is 1.99. The summed E-state index contributed by atoms with van der Waals surface area (Å²) in [7, 11) is 2.13. The van der Waals surface area contributed by atoms with Crippen LogP contribution in [0.5, 0.6) is 0 Å². The fourth-order valence-electron chi connectivity index (χ4n) is 2.23. The minimum Gasteiger partial charge on any atom is -0.397 e. The third-order valence-electron chi connectivity index (χ3n) is 3.13. The van der Waals surface area contributed by atoms with Gasteiger partial charge in [-0.1, -0.05) is 0 Å². The van der Waals surface area contributed by atoms with E-state index in [4.69, 9.17) is 5.73 Å². The van der Waals surface area contributed by atoms with Crippen molar-refractivity contribution < 1.29 is 0 Å². The predicted molar refractivity (Wildman–Crippen MR) is 62.3 cm³/mol. The molecule has 0 aromatic carbocycles. The molecule has 0 radical (unpaired) electrons. The monoisotopic (exact) mass is 217 g/mol. The number of pyridine rings is 1. The maximum atomic E-state index is 5.71. The molecular weight excluding hydrogens is 202 g/mol. The quantitative estimate of drug-likeness (QED) is 0.765. The van der Waals surface area contributed by atoms with Gasteiger partial charge in [0.05, 0.1) is 11.9 Å². The molecule has 2 aromatic heterocycles. The molecule has 1 aliphatic rings. The Labute approximate surface area is 93.9 Å². The van der Waals surface area contributed by atoms with Gasteiger partial charge in [0.2, 0.25) is 0 Å². The van der Waals surface area contributed by atoms with Crippen LogP contribution in [0.1, 0.15) is 18.2 Å². The lowest BCUT2D eigenvalue weighted by molar-refractivity contribution is 0.409. The number of hydrogen-bond acceptors (Lipinski definition) is 4. The van der Waals surface area contributed by atoms with Crippen LogP contribution in [0.3, 0.4) is 0 Å². The van der Waals surface area contributed by atoms with Crippen molar-refractivity contribution in [1.29, 1.82) is 0 Å². The van der Waals surface area contributed by atoms with Gasteiger partial charge >= 0.3 is 0 Å². The summed E-state index contributed by atoms with van der Waals surface area (Å²) >= 11 is 0. The third-order valence-corrected chi connectivity index (χ3v) is 3.13. The second-order valence-electron chi connectivity index (χ2n) is 4.48. The van der Waals surface area contributed by atoms with Gasteiger partial charge in [-0.3, -0.25) is 0 Å². The van der Waals surface area contributed by atoms with Crippen molar-refractivity contribution in [1.82, 2.24) is 19.5 Å². The van der Waals surface area contributed by atoms with Gasteiger partial charge in [-0.25, -0.2) is 9.50 Å². The minimum atomic E-state index is 0.464. The van der Waals surface area contributed by atoms with E-state index in [1.807, 2.05) is 18.3 Å². The Morgan fingerprint density at radius 3 is 3.06 bits per heavy atom. The minimum absolute atomic E-state index is 0.464. The maximum Gasteiger partial charge on any atom is 0.156 e. The summed E-state index contributed by atoms with van der Waals surface area (Å²) < 4.78 is 1.77. The molecule has 1 unspecified atom stereocenters. The van der Waals surface area contributed by atoms with Crippen molar-refractivity contribution in [3.8, 4) is 0 Å². The second-order valence-corrected chi connectivity index (χ2v) is 4.48. The number of likely N-dealkylation sites (N-methyl/N-ethyl adjacent to an activating group) is 1. The van der Waals surface area contributed by atoms with E-state index in [2.05, 4.69) is 22.0 Å². The molecule has 84 valence electrons. The molecule has 2 N–H and O–H groups in total. The van der Waals surface area contributed by atoms with E-state index < -0.39 is 0 Å². The van der Waals surface area contributed by atoms with Crippen LogP contribution < -0.4 is 5.73 Å². The maximum absolute atomic E-state index is 5.71. The smallest absolute Gasteiger partial charge is 0.156 e. The topological polar surface area (TPSA) is 59.5 Å². The molecule has 3 rings (SSSR count). The number of nitrogens with zero attached hydrogens (tertiary/aromatic N) is 4. The Hall–Kier alpha value is -1.62. The third kappa shape index (κ3) is 1.53. The predicted octanol–water partition coefficient (Wildman–Crippen LogP) is 0.731. The van der Waals surface area contributed by atoms with Crippen LogP contribution in [-0.4, -0.2) is 39.6 Å². The summed E-state index contributed by atoms with van der Waals surface area (Å²) in [6.45, 7) is 2.18. The molecular formula is C11H15N5. The first-order valence-corrected chi connectivity index (χ1v) is 5.53. The van der Waals surface area contributed by atoms with E-state index in [1.165, 1.54) is 0 Å². The van der Waals surface area contributed by atoms with Crippen LogP contribution in [-0.2, 0) is 0 Å². The van der Waals surface area contributed by atoms with Crippen molar-refractivity contribution in [2.24, 2.45) is 0 Å². The van der Waals surface area contributed by atoms with Crippen molar-refractivity contribution in [3.05, 3.63) is 24.2 Å². The van der Waals surface area contributed by atoms with Crippen molar-refractivity contribution in [2.45, 2.75) is 12.3 Å². The van der Waals surface area contributed by atoms with Crippen molar-refractivity contribution in [3.63, 3.8) is 0 Å². The number of nitrogens with two attached hydrogens (primary N) is 1. The lowest BCUT2D eigenvalue weighted by Gasteiger charge is -2.05. The summed E-state index contributed by atoms with van der Waals surface area (Å²) in [5.41, 5.74) is 7.30. The van der Waals surface area contributed by atoms with E-state index >= 15 is 0 Å². The number of nitrogen functional groups attached to an aromatic ring is 1. The van der Waals surface area contributed by atoms with Crippen LogP contribution in [0.4, 0.5) is 5.69 Å². The highest BCUT2D eigenvalue weighted by Gasteiger charge is 2.24. The number of fused-ring (bicyclic) bond motifs is 1. The molecule has 5 heteroatoms. The number of rotatable bonds is 1. The fourth-order valence-corrected chi connectivity index (χ4v) is 2.23. The molecule has 0 bridgehead atoms. The molecule has 3 heterocycles. The van der Waals surface area contributed by atoms with E-state index in [1.54, 1.807) is 4.52 Å². The highest BCUT2D eigenvalue weighted by molar-refractivity contribution is 5.46. The van der Waals surface area contributed by atoms with E-state index in [0.717, 1.165) is 31.0 Å². The molecule has 1 saturated heterocycles. The molecule has 5 nitrogen and oxygen atoms in total. The molecule has 1 atom stereocenters. The molecule has 16 heavy (non-hydrogen) atoms. The van der Waals surface area contributed by atoms with Crippen LogP contribution >= 0.6 is 0 Å². The average molecular weight is 217 g/mol. The zero-order valence-electron chi connectivity index (χ0n) is 9.30. The Kier molecular flexibility index (Phi) is 2.07. The van der Waals surface area contributed by atoms with Gasteiger partial charge in [-0.05, 0) is 32.1 Å². The van der Waals surface area contributed by atoms with Crippen LogP contribution in [0.2, 0.25) is 0 Å². The van der Waals surface area contributed by atoms with Gasteiger partial charge in [0.25, 0.3) is 0 Å². The van der Waals surface area contributed by atoms with E-state index in [0.29, 0.717) is 11.6 Å². The molecule has 0 aliphatic carbocycles. The SMILES string of the molecule is CN1CCC(c2nc3ccc(N)cn3n2)C1. The molecule has 2 aromatic rings. The Morgan fingerprint density at radius 2 is 2.31 bits per heavy atom. The summed E-state index contributed by atoms with van der Waals surface area (Å²) in [4.78, 5) is 6.85. The highest BCUT2D eigenvalue weighted by atomic mass is 15.3. The van der Waals surface area contributed by atoms with Crippen LogP contribution in [0.25, 0.3) is 5.65 Å². The van der Waals surface area contributed by atoms with Gasteiger partial charge in [0, 0.05) is 12.5 Å². The molecule has 0 saturated carbocycles. The van der Waals surface area contributed by atoms with Crippen LogP contribution in [0.15, 0.2) is 18.3 Å². The first kappa shape index (κ1) is 9.59. The average Bonchev–Trinajstić information content (AvgIpc) is 2.83. The summed E-state index contributed by atoms with van der Waals surface area (Å²) in [5, 5.41) is 4.49. The number of likely N-dealkylation sites (tertiary alicyclic amines) is 1. The zero-order valence-corrected chi connectivity index (χ0v) is 9.30. The Morgan fingerprint density at radius 1 is 1.44 bits per heavy atom. The van der Waals surface area contributed by atoms with Gasteiger partial charge in [0.15, 0.2) is 11.5 Å². The fraction of sp³-hybridized carbons (Fsp3) is 0.455. The summed E-state index contributed by atoms with van der Waals surface area (Å²) in [6.07, 6.45) is 2.95. The first-order chi connectivity index (χ1) is 7.72. The van der Waals surface area contributed by atoms with Gasteiger partial charge in [0.1, 0.15) is 0 Å². The van der Waals surface area contributed by atoms with Gasteiger partial charge < -0.3 is 10.6 Å². The van der Waals surface area contributed by atoms with E-state index in [-0.39, 0.29) is 0 Å². The van der Waals surface area contributed by atoms with Gasteiger partial charge in [-0.15, -0.1) is 0 Å². The normalized spacial score (nSPS) is 21.9. The molecule has 1 fully saturated rings. The second kappa shape index (κ2) is 3.45. The van der Waals surface area contributed by atoms with E-state index in [9.17, 15) is 0 Å². The number of anilines is 1. The molecule has 0 spiro atoms. The number of aromatic nitrogens is 3. The van der Waals surface area contributed by atoms with Crippen molar-refractivity contribution >= 4 is 11.3 Å². The highest BCUT2D eigenvalue weighted by Crippen LogP contribution is 2.24. The zero-order chi connectivity index (χ0) is 11.1. The summed E-state index contributed by atoms with van der Waals surface area (Å²) in [5.74, 6) is 1.40. The first-order valence-electron chi connectivity index (χ1n) is 5.53.